The zero-order valence-corrected chi connectivity index (χ0v) is 29.1. The largest absolute Gasteiger partial charge is 0.311 e. The van der Waals surface area contributed by atoms with Gasteiger partial charge in [0.05, 0.1) is 0 Å². The minimum absolute atomic E-state index is 1.07. The Morgan fingerprint density at radius 2 is 0.633 bits per heavy atom. The van der Waals surface area contributed by atoms with Crippen LogP contribution in [0, 0.1) is 0 Å². The maximum Gasteiger partial charge on any atom is 0.0462 e. The normalized spacial score (nSPS) is 11.0. The summed E-state index contributed by atoms with van der Waals surface area (Å²) in [4.78, 5) is 4.85. The third-order valence-electron chi connectivity index (χ3n) is 8.77. The molecule has 1 nitrogen and oxygen atoms in total. The highest BCUT2D eigenvalue weighted by molar-refractivity contribution is 9.10. The summed E-state index contributed by atoms with van der Waals surface area (Å²) in [7, 11) is 0. The van der Waals surface area contributed by atoms with Gasteiger partial charge in [-0.25, -0.2) is 0 Å². The van der Waals surface area contributed by atoms with Crippen molar-refractivity contribution in [3.05, 3.63) is 199 Å². The lowest BCUT2D eigenvalue weighted by molar-refractivity contribution is 1.28. The van der Waals surface area contributed by atoms with E-state index in [1.165, 1.54) is 54.3 Å². The topological polar surface area (TPSA) is 3.24 Å². The number of para-hydroxylation sites is 1. The zero-order chi connectivity index (χ0) is 33.0. The minimum Gasteiger partial charge on any atom is -0.311 e. The molecule has 234 valence electrons. The molecule has 0 bridgehead atoms. The van der Waals surface area contributed by atoms with Gasteiger partial charge in [-0.1, -0.05) is 162 Å². The van der Waals surface area contributed by atoms with Gasteiger partial charge in [0.15, 0.2) is 0 Å². The number of hydrogen-bond acceptors (Lipinski definition) is 2. The van der Waals surface area contributed by atoms with Crippen LogP contribution in [-0.4, -0.2) is 0 Å². The van der Waals surface area contributed by atoms with Crippen LogP contribution in [0.3, 0.4) is 0 Å². The molecule has 1 heterocycles. The molecule has 0 unspecified atom stereocenters. The first-order valence-corrected chi connectivity index (χ1v) is 18.0. The third kappa shape index (κ3) is 6.39. The molecule has 49 heavy (non-hydrogen) atoms. The van der Waals surface area contributed by atoms with E-state index in [0.29, 0.717) is 0 Å². The Morgan fingerprint density at radius 3 is 1.08 bits per heavy atom. The van der Waals surface area contributed by atoms with Crippen LogP contribution in [0.1, 0.15) is 0 Å². The van der Waals surface area contributed by atoms with E-state index in [9.17, 15) is 0 Å². The number of benzene rings is 7. The molecule has 0 aliphatic heterocycles. The summed E-state index contributed by atoms with van der Waals surface area (Å²) in [5, 5.41) is 0. The fraction of sp³-hybridized carbons (Fsp3) is 0. The van der Waals surface area contributed by atoms with Gasteiger partial charge in [-0.15, -0.1) is 11.3 Å². The predicted molar refractivity (Wildman–Crippen MR) is 214 cm³/mol. The monoisotopic (exact) mass is 709 g/mol. The Morgan fingerprint density at radius 1 is 0.306 bits per heavy atom. The SMILES string of the molecule is Brc1ccc(-c2sc(-c3ccc(N(c4ccccc4)c4ccc(-c5ccccc5)cc4)cc3)c(-c3ccccc3)c2-c2ccccc2)cc1. The van der Waals surface area contributed by atoms with E-state index < -0.39 is 0 Å². The van der Waals surface area contributed by atoms with Gasteiger partial charge >= 0.3 is 0 Å². The molecule has 0 aliphatic carbocycles. The van der Waals surface area contributed by atoms with E-state index >= 15 is 0 Å². The first-order chi connectivity index (χ1) is 24.2. The standard InChI is InChI=1S/C46H32BrNS/c47-39-27-21-37(22-28-39)45-43(35-15-7-2-8-16-35)44(36-17-9-3-10-18-36)46(49-45)38-25-31-42(32-26-38)48(40-19-11-4-12-20-40)41-29-23-34(24-30-41)33-13-5-1-6-14-33/h1-32H. The van der Waals surface area contributed by atoms with Gasteiger partial charge in [0, 0.05) is 42.4 Å². The fourth-order valence-electron chi connectivity index (χ4n) is 6.42. The van der Waals surface area contributed by atoms with Crippen molar-refractivity contribution in [2.45, 2.75) is 0 Å². The second kappa shape index (κ2) is 13.9. The van der Waals surface area contributed by atoms with Gasteiger partial charge in [0.2, 0.25) is 0 Å². The molecule has 0 atom stereocenters. The van der Waals surface area contributed by atoms with Gasteiger partial charge < -0.3 is 4.90 Å². The highest BCUT2D eigenvalue weighted by Crippen LogP contribution is 2.52. The van der Waals surface area contributed by atoms with Crippen molar-refractivity contribution in [1.29, 1.82) is 0 Å². The summed E-state index contributed by atoms with van der Waals surface area (Å²) in [6.45, 7) is 0. The van der Waals surface area contributed by atoms with Crippen LogP contribution in [-0.2, 0) is 0 Å². The summed E-state index contributed by atoms with van der Waals surface area (Å²) < 4.78 is 1.07. The van der Waals surface area contributed by atoms with Crippen LogP contribution in [0.4, 0.5) is 17.1 Å². The Labute approximate surface area is 300 Å². The number of rotatable bonds is 8. The van der Waals surface area contributed by atoms with Gasteiger partial charge in [0.25, 0.3) is 0 Å². The molecule has 0 saturated heterocycles. The van der Waals surface area contributed by atoms with E-state index in [1.54, 1.807) is 0 Å². The van der Waals surface area contributed by atoms with Crippen LogP contribution in [0.15, 0.2) is 199 Å². The Kier molecular flexibility index (Phi) is 8.77. The zero-order valence-electron chi connectivity index (χ0n) is 26.7. The molecule has 0 aliphatic rings. The van der Waals surface area contributed by atoms with Crippen molar-refractivity contribution in [3.63, 3.8) is 0 Å². The minimum atomic E-state index is 1.07. The molecule has 0 amide bonds. The van der Waals surface area contributed by atoms with E-state index in [4.69, 9.17) is 0 Å². The van der Waals surface area contributed by atoms with E-state index in [2.05, 4.69) is 215 Å². The van der Waals surface area contributed by atoms with Crippen LogP contribution in [0.2, 0.25) is 0 Å². The van der Waals surface area contributed by atoms with Crippen molar-refractivity contribution in [2.75, 3.05) is 4.90 Å². The molecule has 0 spiro atoms. The lowest BCUT2D eigenvalue weighted by atomic mass is 9.91. The van der Waals surface area contributed by atoms with Crippen molar-refractivity contribution >= 4 is 44.3 Å². The molecule has 7 aromatic carbocycles. The third-order valence-corrected chi connectivity index (χ3v) is 10.6. The molecule has 0 radical (unpaired) electrons. The van der Waals surface area contributed by atoms with E-state index in [0.717, 1.165) is 21.5 Å². The summed E-state index contributed by atoms with van der Waals surface area (Å²) in [6, 6.07) is 69.4. The predicted octanol–water partition coefficient (Wildman–Crippen LogP) is 14.3. The van der Waals surface area contributed by atoms with Crippen molar-refractivity contribution in [1.82, 2.24) is 0 Å². The molecule has 0 N–H and O–H groups in total. The second-order valence-electron chi connectivity index (χ2n) is 11.9. The lowest BCUT2D eigenvalue weighted by Crippen LogP contribution is -2.09. The molecule has 8 aromatic rings. The van der Waals surface area contributed by atoms with Gasteiger partial charge in [-0.2, -0.15) is 0 Å². The van der Waals surface area contributed by atoms with Crippen LogP contribution in [0.5, 0.6) is 0 Å². The maximum absolute atomic E-state index is 3.64. The second-order valence-corrected chi connectivity index (χ2v) is 13.8. The van der Waals surface area contributed by atoms with Gasteiger partial charge in [0.1, 0.15) is 0 Å². The molecular weight excluding hydrogens is 678 g/mol. The Hall–Kier alpha value is -5.48. The highest BCUT2D eigenvalue weighted by Gasteiger charge is 2.23. The average molecular weight is 711 g/mol. The maximum atomic E-state index is 3.64. The van der Waals surface area contributed by atoms with Gasteiger partial charge in [-0.3, -0.25) is 0 Å². The van der Waals surface area contributed by atoms with Crippen LogP contribution < -0.4 is 4.90 Å². The molecule has 0 saturated carbocycles. The molecule has 8 rings (SSSR count). The summed E-state index contributed by atoms with van der Waals surface area (Å²) in [5.74, 6) is 0. The smallest absolute Gasteiger partial charge is 0.0462 e. The fourth-order valence-corrected chi connectivity index (χ4v) is 8.04. The first kappa shape index (κ1) is 30.8. The van der Waals surface area contributed by atoms with Crippen LogP contribution >= 0.6 is 27.3 Å². The quantitative estimate of drug-likeness (QED) is 0.152. The summed E-state index contributed by atoms with van der Waals surface area (Å²) in [5.41, 5.74) is 13.1. The number of nitrogens with zero attached hydrogens (tertiary/aromatic N) is 1. The summed E-state index contributed by atoms with van der Waals surface area (Å²) in [6.07, 6.45) is 0. The van der Waals surface area contributed by atoms with E-state index in [-0.39, 0.29) is 0 Å². The number of thiophene rings is 1. The first-order valence-electron chi connectivity index (χ1n) is 16.4. The molecule has 1 aromatic heterocycles. The number of anilines is 3. The Bertz CT molecular complexity index is 2280. The Balaban J connectivity index is 1.26. The molecule has 0 fully saturated rings. The van der Waals surface area contributed by atoms with Crippen molar-refractivity contribution < 1.29 is 0 Å². The van der Waals surface area contributed by atoms with E-state index in [1.807, 2.05) is 11.3 Å². The molecule has 3 heteroatoms. The number of hydrogen-bond donors (Lipinski definition) is 0. The average Bonchev–Trinajstić information content (AvgIpc) is 3.58. The van der Waals surface area contributed by atoms with Crippen molar-refractivity contribution in [3.8, 4) is 54.3 Å². The lowest BCUT2D eigenvalue weighted by Gasteiger charge is -2.26. The summed E-state index contributed by atoms with van der Waals surface area (Å²) >= 11 is 5.51. The highest BCUT2D eigenvalue weighted by atomic mass is 79.9. The molecular formula is C46H32BrNS. The van der Waals surface area contributed by atoms with Gasteiger partial charge in [-0.05, 0) is 81.9 Å². The van der Waals surface area contributed by atoms with Crippen LogP contribution in [0.25, 0.3) is 54.3 Å². The van der Waals surface area contributed by atoms with Crippen molar-refractivity contribution in [2.24, 2.45) is 0 Å². The number of halogens is 1.